The Balaban J connectivity index is 1.70. The van der Waals surface area contributed by atoms with Crippen molar-refractivity contribution in [2.75, 3.05) is 46.5 Å². The number of methoxy groups -OCH3 is 1. The Morgan fingerprint density at radius 1 is 1.03 bits per heavy atom. The molecule has 1 aliphatic heterocycles. The van der Waals surface area contributed by atoms with Gasteiger partial charge in [0.1, 0.15) is 12.4 Å². The van der Waals surface area contributed by atoms with Crippen LogP contribution >= 0.6 is 0 Å². The van der Waals surface area contributed by atoms with E-state index < -0.39 is 10.0 Å². The summed E-state index contributed by atoms with van der Waals surface area (Å²) in [6, 6.07) is 14.4. The van der Waals surface area contributed by atoms with E-state index in [2.05, 4.69) is 6.58 Å². The van der Waals surface area contributed by atoms with Gasteiger partial charge < -0.3 is 14.4 Å². The zero-order valence-electron chi connectivity index (χ0n) is 17.0. The van der Waals surface area contributed by atoms with Crippen molar-refractivity contribution in [1.82, 2.24) is 9.21 Å². The summed E-state index contributed by atoms with van der Waals surface area (Å²) in [5, 5.41) is 0. The van der Waals surface area contributed by atoms with Crippen molar-refractivity contribution in [3.05, 3.63) is 61.2 Å². The first kappa shape index (κ1) is 22.0. The zero-order valence-corrected chi connectivity index (χ0v) is 17.8. The molecule has 2 aromatic carbocycles. The lowest BCUT2D eigenvalue weighted by Gasteiger charge is -2.33. The molecule has 160 valence electrons. The van der Waals surface area contributed by atoms with Gasteiger partial charge in [-0.3, -0.25) is 4.79 Å². The van der Waals surface area contributed by atoms with Crippen molar-refractivity contribution in [2.45, 2.75) is 4.90 Å². The normalized spacial score (nSPS) is 15.0. The molecule has 0 saturated carbocycles. The van der Waals surface area contributed by atoms with Gasteiger partial charge in [-0.05, 0) is 41.5 Å². The second kappa shape index (κ2) is 9.88. The molecule has 0 N–H and O–H groups in total. The van der Waals surface area contributed by atoms with Crippen molar-refractivity contribution < 1.29 is 22.7 Å². The number of nitrogens with zero attached hydrogens (tertiary/aromatic N) is 2. The van der Waals surface area contributed by atoms with Crippen molar-refractivity contribution in [3.8, 4) is 16.9 Å². The highest BCUT2D eigenvalue weighted by Crippen LogP contribution is 2.26. The Kier molecular flexibility index (Phi) is 7.25. The lowest BCUT2D eigenvalue weighted by molar-refractivity contribution is -0.127. The third-order valence-electron chi connectivity index (χ3n) is 4.94. The van der Waals surface area contributed by atoms with Gasteiger partial charge in [0.05, 0.1) is 11.5 Å². The topological polar surface area (TPSA) is 76.2 Å². The molecule has 0 bridgehead atoms. The second-order valence-electron chi connectivity index (χ2n) is 6.83. The van der Waals surface area contributed by atoms with E-state index in [0.717, 1.165) is 16.9 Å². The Labute approximate surface area is 177 Å². The second-order valence-corrected chi connectivity index (χ2v) is 8.76. The number of carbonyl (C=O) groups is 1. The van der Waals surface area contributed by atoms with Gasteiger partial charge in [-0.1, -0.05) is 30.8 Å². The fourth-order valence-corrected chi connectivity index (χ4v) is 4.68. The van der Waals surface area contributed by atoms with Gasteiger partial charge in [0.15, 0.2) is 0 Å². The van der Waals surface area contributed by atoms with E-state index >= 15 is 0 Å². The van der Waals surface area contributed by atoms with E-state index in [4.69, 9.17) is 9.47 Å². The SMILES string of the molecule is C=CC(=O)N1CCN(S(=O)(=O)c2ccc(-c3cccc(OCCOC)c3)cc2)CC1. The predicted octanol–water partition coefficient (Wildman–Crippen LogP) is 2.40. The lowest BCUT2D eigenvalue weighted by Crippen LogP contribution is -2.50. The van der Waals surface area contributed by atoms with Crippen LogP contribution in [0.4, 0.5) is 0 Å². The summed E-state index contributed by atoms with van der Waals surface area (Å²) in [6.45, 7) is 5.69. The van der Waals surface area contributed by atoms with Gasteiger partial charge in [-0.25, -0.2) is 8.42 Å². The number of ether oxygens (including phenoxy) is 2. The van der Waals surface area contributed by atoms with Crippen molar-refractivity contribution in [1.29, 1.82) is 0 Å². The summed E-state index contributed by atoms with van der Waals surface area (Å²) in [6.07, 6.45) is 1.25. The molecule has 8 heteroatoms. The van der Waals surface area contributed by atoms with Crippen molar-refractivity contribution >= 4 is 15.9 Å². The third kappa shape index (κ3) is 5.08. The molecule has 1 aliphatic rings. The summed E-state index contributed by atoms with van der Waals surface area (Å²) in [7, 11) is -1.99. The zero-order chi connectivity index (χ0) is 21.6. The monoisotopic (exact) mass is 430 g/mol. The molecular formula is C22H26N2O5S. The van der Waals surface area contributed by atoms with Crippen LogP contribution in [0, 0.1) is 0 Å². The van der Waals surface area contributed by atoms with E-state index in [1.165, 1.54) is 10.4 Å². The molecule has 2 aromatic rings. The van der Waals surface area contributed by atoms with Crippen LogP contribution in [0.1, 0.15) is 0 Å². The number of rotatable bonds is 8. The summed E-state index contributed by atoms with van der Waals surface area (Å²) in [5.41, 5.74) is 1.83. The fourth-order valence-electron chi connectivity index (χ4n) is 3.25. The number of hydrogen-bond donors (Lipinski definition) is 0. The highest BCUT2D eigenvalue weighted by Gasteiger charge is 2.29. The molecular weight excluding hydrogens is 404 g/mol. The average molecular weight is 431 g/mol. The molecule has 30 heavy (non-hydrogen) atoms. The highest BCUT2D eigenvalue weighted by molar-refractivity contribution is 7.89. The molecule has 7 nitrogen and oxygen atoms in total. The van der Waals surface area contributed by atoms with Gasteiger partial charge in [0.2, 0.25) is 15.9 Å². The maximum atomic E-state index is 13.0. The highest BCUT2D eigenvalue weighted by atomic mass is 32.2. The number of sulfonamides is 1. The molecule has 1 saturated heterocycles. The van der Waals surface area contributed by atoms with Crippen LogP contribution in [-0.4, -0.2) is 70.0 Å². The van der Waals surface area contributed by atoms with Gasteiger partial charge in [-0.15, -0.1) is 0 Å². The first-order chi connectivity index (χ1) is 14.5. The molecule has 0 aliphatic carbocycles. The quantitative estimate of drug-likeness (QED) is 0.475. The summed E-state index contributed by atoms with van der Waals surface area (Å²) in [5.74, 6) is 0.554. The van der Waals surface area contributed by atoms with Crippen LogP contribution in [0.5, 0.6) is 5.75 Å². The van der Waals surface area contributed by atoms with Gasteiger partial charge >= 0.3 is 0 Å². The van der Waals surface area contributed by atoms with E-state index in [9.17, 15) is 13.2 Å². The standard InChI is InChI=1S/C22H26N2O5S/c1-3-22(25)23-11-13-24(14-12-23)30(26,27)21-9-7-18(8-10-21)19-5-4-6-20(17-19)29-16-15-28-2/h3-10,17H,1,11-16H2,2H3. The number of amides is 1. The van der Waals surface area contributed by atoms with E-state index in [1.54, 1.807) is 36.3 Å². The van der Waals surface area contributed by atoms with Gasteiger partial charge in [-0.2, -0.15) is 4.31 Å². The largest absolute Gasteiger partial charge is 0.491 e. The molecule has 0 spiro atoms. The van der Waals surface area contributed by atoms with Gasteiger partial charge in [0.25, 0.3) is 0 Å². The van der Waals surface area contributed by atoms with Crippen LogP contribution in [0.15, 0.2) is 66.1 Å². The van der Waals surface area contributed by atoms with Crippen molar-refractivity contribution in [2.24, 2.45) is 0 Å². The first-order valence-corrected chi connectivity index (χ1v) is 11.1. The van der Waals surface area contributed by atoms with Crippen LogP contribution in [0.2, 0.25) is 0 Å². The maximum absolute atomic E-state index is 13.0. The Hall–Kier alpha value is -2.68. The Morgan fingerprint density at radius 2 is 1.73 bits per heavy atom. The molecule has 1 heterocycles. The summed E-state index contributed by atoms with van der Waals surface area (Å²) < 4.78 is 37.9. The van der Waals surface area contributed by atoms with Crippen LogP contribution in [0.25, 0.3) is 11.1 Å². The average Bonchev–Trinajstić information content (AvgIpc) is 2.79. The fraction of sp³-hybridized carbons (Fsp3) is 0.318. The smallest absolute Gasteiger partial charge is 0.246 e. The molecule has 3 rings (SSSR count). The Bertz CT molecular complexity index is 981. The molecule has 1 amide bonds. The van der Waals surface area contributed by atoms with E-state index in [0.29, 0.717) is 26.3 Å². The third-order valence-corrected chi connectivity index (χ3v) is 6.85. The molecule has 0 radical (unpaired) electrons. The predicted molar refractivity (Wildman–Crippen MR) is 115 cm³/mol. The number of hydrogen-bond acceptors (Lipinski definition) is 5. The van der Waals surface area contributed by atoms with E-state index in [-0.39, 0.29) is 23.9 Å². The summed E-state index contributed by atoms with van der Waals surface area (Å²) in [4.78, 5) is 13.5. The molecule has 1 fully saturated rings. The van der Waals surface area contributed by atoms with E-state index in [1.807, 2.05) is 24.3 Å². The number of benzene rings is 2. The van der Waals surface area contributed by atoms with Crippen molar-refractivity contribution in [3.63, 3.8) is 0 Å². The van der Waals surface area contributed by atoms with Crippen LogP contribution < -0.4 is 4.74 Å². The minimum absolute atomic E-state index is 0.176. The maximum Gasteiger partial charge on any atom is 0.246 e. The van der Waals surface area contributed by atoms with Crippen LogP contribution in [0.3, 0.4) is 0 Å². The summed E-state index contributed by atoms with van der Waals surface area (Å²) >= 11 is 0. The van der Waals surface area contributed by atoms with Crippen LogP contribution in [-0.2, 0) is 19.6 Å². The number of piperazine rings is 1. The molecule has 0 atom stereocenters. The van der Waals surface area contributed by atoms with Gasteiger partial charge in [0, 0.05) is 33.3 Å². The lowest BCUT2D eigenvalue weighted by atomic mass is 10.1. The number of carbonyl (C=O) groups excluding carboxylic acids is 1. The molecule has 0 aromatic heterocycles. The Morgan fingerprint density at radius 3 is 2.37 bits per heavy atom. The molecule has 0 unspecified atom stereocenters. The minimum atomic E-state index is -3.61. The first-order valence-electron chi connectivity index (χ1n) is 9.69. The minimum Gasteiger partial charge on any atom is -0.491 e.